The number of thiazole rings is 1. The van der Waals surface area contributed by atoms with Crippen LogP contribution in [0.4, 0.5) is 5.69 Å². The molecular formula is C30H27N3O4S. The zero-order chi connectivity index (χ0) is 26.8. The zero-order valence-corrected chi connectivity index (χ0v) is 22.3. The molecule has 1 aliphatic heterocycles. The Hall–Kier alpha value is -4.43. The van der Waals surface area contributed by atoms with Gasteiger partial charge in [0.1, 0.15) is 11.5 Å². The molecule has 0 bridgehead atoms. The molecule has 2 heterocycles. The van der Waals surface area contributed by atoms with Gasteiger partial charge in [-0.1, -0.05) is 47.7 Å². The van der Waals surface area contributed by atoms with E-state index in [4.69, 9.17) is 14.5 Å². The van der Waals surface area contributed by atoms with Crippen molar-refractivity contribution in [3.05, 3.63) is 120 Å². The third-order valence-electron chi connectivity index (χ3n) is 6.49. The summed E-state index contributed by atoms with van der Waals surface area (Å²) in [6, 6.07) is 21.7. The van der Waals surface area contributed by atoms with Crippen molar-refractivity contribution in [1.82, 2.24) is 4.57 Å². The molecule has 0 aliphatic carbocycles. The lowest BCUT2D eigenvalue weighted by atomic mass is 9.95. The van der Waals surface area contributed by atoms with Crippen LogP contribution < -0.4 is 29.7 Å². The summed E-state index contributed by atoms with van der Waals surface area (Å²) in [7, 11) is 3.22. The van der Waals surface area contributed by atoms with Gasteiger partial charge < -0.3 is 14.8 Å². The lowest BCUT2D eigenvalue weighted by molar-refractivity contribution is -0.113. The highest BCUT2D eigenvalue weighted by atomic mass is 32.1. The highest BCUT2D eigenvalue weighted by molar-refractivity contribution is 7.07. The summed E-state index contributed by atoms with van der Waals surface area (Å²) in [5, 5.41) is 2.97. The summed E-state index contributed by atoms with van der Waals surface area (Å²) < 4.78 is 12.8. The van der Waals surface area contributed by atoms with Crippen molar-refractivity contribution in [1.29, 1.82) is 0 Å². The zero-order valence-electron chi connectivity index (χ0n) is 21.5. The molecule has 0 saturated heterocycles. The predicted molar refractivity (Wildman–Crippen MR) is 150 cm³/mol. The van der Waals surface area contributed by atoms with Crippen LogP contribution in [0.25, 0.3) is 6.08 Å². The first kappa shape index (κ1) is 25.2. The van der Waals surface area contributed by atoms with E-state index in [-0.39, 0.29) is 11.5 Å². The van der Waals surface area contributed by atoms with E-state index in [1.165, 1.54) is 11.3 Å². The van der Waals surface area contributed by atoms with E-state index in [0.29, 0.717) is 32.0 Å². The molecule has 3 aromatic carbocycles. The maximum atomic E-state index is 13.9. The van der Waals surface area contributed by atoms with Crippen molar-refractivity contribution >= 4 is 29.0 Å². The average Bonchev–Trinajstić information content (AvgIpc) is 3.23. The van der Waals surface area contributed by atoms with Gasteiger partial charge in [0.2, 0.25) is 0 Å². The van der Waals surface area contributed by atoms with E-state index in [9.17, 15) is 9.59 Å². The Kier molecular flexibility index (Phi) is 6.98. The molecule has 38 heavy (non-hydrogen) atoms. The van der Waals surface area contributed by atoms with Gasteiger partial charge in [0.15, 0.2) is 4.80 Å². The van der Waals surface area contributed by atoms with Crippen LogP contribution in [0.5, 0.6) is 11.5 Å². The SMILES string of the molecule is COc1ccc([C@H]2C(C(=O)Nc3ccccc3)=C(C)N=c3s/c(=C/c4ccc(OC)cc4C)c(=O)n32)cc1. The molecule has 192 valence electrons. The molecule has 0 radical (unpaired) electrons. The van der Waals surface area contributed by atoms with Crippen molar-refractivity contribution < 1.29 is 14.3 Å². The van der Waals surface area contributed by atoms with E-state index in [1.54, 1.807) is 25.7 Å². The van der Waals surface area contributed by atoms with Crippen LogP contribution in [0.2, 0.25) is 0 Å². The van der Waals surface area contributed by atoms with E-state index < -0.39 is 6.04 Å². The fourth-order valence-electron chi connectivity index (χ4n) is 4.51. The number of methoxy groups -OCH3 is 2. The predicted octanol–water partition coefficient (Wildman–Crippen LogP) is 4.20. The first-order valence-electron chi connectivity index (χ1n) is 12.1. The van der Waals surface area contributed by atoms with E-state index >= 15 is 0 Å². The van der Waals surface area contributed by atoms with Gasteiger partial charge in [0.05, 0.1) is 36.1 Å². The summed E-state index contributed by atoms with van der Waals surface area (Å²) in [4.78, 5) is 32.7. The molecule has 0 saturated carbocycles. The van der Waals surface area contributed by atoms with Crippen LogP contribution in [0.1, 0.15) is 29.7 Å². The molecule has 1 aliphatic rings. The van der Waals surface area contributed by atoms with Crippen LogP contribution in [0, 0.1) is 6.92 Å². The maximum Gasteiger partial charge on any atom is 0.271 e. The second-order valence-corrected chi connectivity index (χ2v) is 9.91. The number of ether oxygens (including phenoxy) is 2. The Morgan fingerprint density at radius 1 is 0.974 bits per heavy atom. The summed E-state index contributed by atoms with van der Waals surface area (Å²) in [5.74, 6) is 1.14. The number of amides is 1. The van der Waals surface area contributed by atoms with E-state index in [1.807, 2.05) is 85.8 Å². The van der Waals surface area contributed by atoms with Gasteiger partial charge in [0.25, 0.3) is 11.5 Å². The minimum Gasteiger partial charge on any atom is -0.497 e. The second-order valence-electron chi connectivity index (χ2n) is 8.90. The molecule has 1 amide bonds. The molecule has 0 unspecified atom stereocenters. The summed E-state index contributed by atoms with van der Waals surface area (Å²) in [5.41, 5.74) is 4.12. The summed E-state index contributed by atoms with van der Waals surface area (Å²) in [6.07, 6.45) is 1.87. The third-order valence-corrected chi connectivity index (χ3v) is 7.48. The standard InChI is InChI=1S/C30H27N3O4S/c1-18-16-24(37-4)15-12-21(18)17-25-29(35)33-27(20-10-13-23(36-3)14-11-20)26(19(2)31-30(33)38-25)28(34)32-22-8-6-5-7-9-22/h5-17,27H,1-4H3,(H,32,34)/b25-17+/t27-/m0/s1. The van der Waals surface area contributed by atoms with Gasteiger partial charge >= 0.3 is 0 Å². The van der Waals surface area contributed by atoms with Crippen LogP contribution in [0.3, 0.4) is 0 Å². The fraction of sp³-hybridized carbons (Fsp3) is 0.167. The van der Waals surface area contributed by atoms with Crippen LogP contribution >= 0.6 is 11.3 Å². The number of carbonyl (C=O) groups excluding carboxylic acids is 1. The number of rotatable bonds is 6. The number of anilines is 1. The number of carbonyl (C=O) groups is 1. The normalized spacial score (nSPS) is 15.1. The smallest absolute Gasteiger partial charge is 0.271 e. The molecule has 1 atom stereocenters. The number of nitrogens with zero attached hydrogens (tertiary/aromatic N) is 2. The third kappa shape index (κ3) is 4.78. The van der Waals surface area contributed by atoms with Gasteiger partial charge in [0, 0.05) is 5.69 Å². The molecule has 0 fully saturated rings. The minimum atomic E-state index is -0.653. The largest absolute Gasteiger partial charge is 0.497 e. The van der Waals surface area contributed by atoms with Gasteiger partial charge in [-0.25, -0.2) is 4.99 Å². The van der Waals surface area contributed by atoms with E-state index in [2.05, 4.69) is 5.32 Å². The summed E-state index contributed by atoms with van der Waals surface area (Å²) in [6.45, 7) is 3.78. The quantitative estimate of drug-likeness (QED) is 0.409. The van der Waals surface area contributed by atoms with Crippen molar-refractivity contribution in [3.8, 4) is 11.5 Å². The number of fused-ring (bicyclic) bond motifs is 1. The highest BCUT2D eigenvalue weighted by Crippen LogP contribution is 2.31. The highest BCUT2D eigenvalue weighted by Gasteiger charge is 2.32. The number of hydrogen-bond acceptors (Lipinski definition) is 6. The Balaban J connectivity index is 1.67. The number of aromatic nitrogens is 1. The van der Waals surface area contributed by atoms with Crippen molar-refractivity contribution in [3.63, 3.8) is 0 Å². The molecule has 7 nitrogen and oxygen atoms in total. The number of allylic oxidation sites excluding steroid dienone is 1. The lowest BCUT2D eigenvalue weighted by Gasteiger charge is -2.25. The number of aryl methyl sites for hydroxylation is 1. The van der Waals surface area contributed by atoms with E-state index in [0.717, 1.165) is 22.4 Å². The molecule has 4 aromatic rings. The molecular weight excluding hydrogens is 498 g/mol. The molecule has 8 heteroatoms. The average molecular weight is 526 g/mol. The maximum absolute atomic E-state index is 13.9. The Morgan fingerprint density at radius 3 is 2.32 bits per heavy atom. The monoisotopic (exact) mass is 525 g/mol. The molecule has 0 spiro atoms. The molecule has 1 aromatic heterocycles. The Bertz CT molecular complexity index is 1720. The lowest BCUT2D eigenvalue weighted by Crippen LogP contribution is -2.40. The molecule has 1 N–H and O–H groups in total. The summed E-state index contributed by atoms with van der Waals surface area (Å²) >= 11 is 1.31. The number of benzene rings is 3. The Labute approximate surface area is 224 Å². The van der Waals surface area contributed by atoms with Crippen LogP contribution in [0.15, 0.2) is 93.9 Å². The van der Waals surface area contributed by atoms with Gasteiger partial charge in [-0.2, -0.15) is 0 Å². The van der Waals surface area contributed by atoms with Crippen LogP contribution in [-0.4, -0.2) is 24.7 Å². The van der Waals surface area contributed by atoms with Crippen molar-refractivity contribution in [2.45, 2.75) is 19.9 Å². The second kappa shape index (κ2) is 10.5. The van der Waals surface area contributed by atoms with Gasteiger partial charge in [-0.3, -0.25) is 14.2 Å². The Morgan fingerprint density at radius 2 is 1.66 bits per heavy atom. The van der Waals surface area contributed by atoms with Crippen LogP contribution in [-0.2, 0) is 4.79 Å². The van der Waals surface area contributed by atoms with Gasteiger partial charge in [-0.15, -0.1) is 0 Å². The fourth-order valence-corrected chi connectivity index (χ4v) is 5.55. The number of nitrogens with one attached hydrogen (secondary N) is 1. The molecule has 5 rings (SSSR count). The number of hydrogen-bond donors (Lipinski definition) is 1. The number of para-hydroxylation sites is 1. The van der Waals surface area contributed by atoms with Crippen molar-refractivity contribution in [2.75, 3.05) is 19.5 Å². The topological polar surface area (TPSA) is 81.9 Å². The first-order chi connectivity index (χ1) is 18.4. The van der Waals surface area contributed by atoms with Crippen molar-refractivity contribution in [2.24, 2.45) is 4.99 Å². The minimum absolute atomic E-state index is 0.206. The first-order valence-corrected chi connectivity index (χ1v) is 12.9. The van der Waals surface area contributed by atoms with Gasteiger partial charge in [-0.05, 0) is 73.0 Å².